The number of pyridine rings is 1. The number of aliphatic hydroxyl groups excluding tert-OH is 1. The number of carbonyl (C=O) groups is 2. The summed E-state index contributed by atoms with van der Waals surface area (Å²) in [4.78, 5) is 32.8. The third-order valence-corrected chi connectivity index (χ3v) is 6.28. The normalized spacial score (nSPS) is 26.6. The first kappa shape index (κ1) is 17.4. The van der Waals surface area contributed by atoms with Gasteiger partial charge in [0.2, 0.25) is 11.8 Å². The fraction of sp³-hybridized carbons (Fsp3) is 0.409. The Hall–Kier alpha value is -2.73. The molecule has 6 heteroatoms. The summed E-state index contributed by atoms with van der Waals surface area (Å²) in [7, 11) is 0. The lowest BCUT2D eigenvalue weighted by Gasteiger charge is -2.58. The highest BCUT2D eigenvalue weighted by Crippen LogP contribution is 2.44. The summed E-state index contributed by atoms with van der Waals surface area (Å²) in [5, 5.41) is 9.90. The van der Waals surface area contributed by atoms with Gasteiger partial charge in [0.1, 0.15) is 0 Å². The van der Waals surface area contributed by atoms with Gasteiger partial charge in [-0.05, 0) is 35.6 Å². The largest absolute Gasteiger partial charge is 0.394 e. The summed E-state index contributed by atoms with van der Waals surface area (Å²) in [5.41, 5.74) is 3.23. The third kappa shape index (κ3) is 2.79. The number of aliphatic hydroxyl groups is 1. The van der Waals surface area contributed by atoms with Gasteiger partial charge in [0.25, 0.3) is 0 Å². The van der Waals surface area contributed by atoms with Gasteiger partial charge >= 0.3 is 0 Å². The summed E-state index contributed by atoms with van der Waals surface area (Å²) >= 11 is 0. The molecule has 3 heterocycles. The van der Waals surface area contributed by atoms with Crippen molar-refractivity contribution in [1.29, 1.82) is 0 Å². The number of benzene rings is 1. The minimum absolute atomic E-state index is 0.0479. The number of piperazine rings is 1. The van der Waals surface area contributed by atoms with Crippen LogP contribution in [0.2, 0.25) is 0 Å². The number of aromatic nitrogens is 1. The van der Waals surface area contributed by atoms with Crippen molar-refractivity contribution >= 4 is 11.8 Å². The van der Waals surface area contributed by atoms with Crippen molar-refractivity contribution in [1.82, 2.24) is 14.8 Å². The molecule has 2 aromatic rings. The number of rotatable bonds is 4. The minimum atomic E-state index is -0.208. The van der Waals surface area contributed by atoms with Gasteiger partial charge in [0.05, 0.1) is 25.2 Å². The van der Waals surface area contributed by atoms with Crippen LogP contribution < -0.4 is 0 Å². The third-order valence-electron chi connectivity index (χ3n) is 6.28. The molecule has 1 aliphatic carbocycles. The lowest BCUT2D eigenvalue weighted by molar-refractivity contribution is -0.167. The molecule has 2 aliphatic heterocycles. The van der Waals surface area contributed by atoms with Crippen LogP contribution in [-0.4, -0.2) is 63.5 Å². The molecule has 2 amide bonds. The number of hydrogen-bond acceptors (Lipinski definition) is 4. The Morgan fingerprint density at radius 2 is 1.93 bits per heavy atom. The number of hydrogen-bond donors (Lipinski definition) is 1. The summed E-state index contributed by atoms with van der Waals surface area (Å²) in [6, 6.07) is 11.9. The summed E-state index contributed by atoms with van der Waals surface area (Å²) in [5.74, 6) is 0.232. The van der Waals surface area contributed by atoms with Crippen LogP contribution in [0.25, 0.3) is 11.1 Å². The second-order valence-electron chi connectivity index (χ2n) is 8.00. The lowest BCUT2D eigenvalue weighted by Crippen LogP contribution is -2.73. The van der Waals surface area contributed by atoms with Crippen LogP contribution in [0.3, 0.4) is 0 Å². The number of nitrogens with zero attached hydrogens (tertiary/aromatic N) is 3. The highest BCUT2D eigenvalue weighted by molar-refractivity contribution is 5.89. The van der Waals surface area contributed by atoms with Crippen molar-refractivity contribution in [3.8, 4) is 11.1 Å². The van der Waals surface area contributed by atoms with E-state index in [1.165, 1.54) is 0 Å². The van der Waals surface area contributed by atoms with Crippen molar-refractivity contribution in [2.24, 2.45) is 5.92 Å². The second kappa shape index (κ2) is 6.71. The Morgan fingerprint density at radius 3 is 2.57 bits per heavy atom. The van der Waals surface area contributed by atoms with E-state index in [0.29, 0.717) is 6.54 Å². The van der Waals surface area contributed by atoms with Crippen LogP contribution in [0.4, 0.5) is 0 Å². The molecule has 2 saturated heterocycles. The standard InChI is InChI=1S/C22H23N3O3/c26-13-19-21(15-5-3-14(4-6-15)17-2-1-9-23-10-17)18-11-24(12-20(27)25(18)19)22(28)16-7-8-16/h1-6,9-10,16,18-19,21,26H,7-8,11-13H2/t18-,19-,21+/m0/s1. The van der Waals surface area contributed by atoms with Crippen LogP contribution in [0, 0.1) is 5.92 Å². The van der Waals surface area contributed by atoms with Crippen molar-refractivity contribution < 1.29 is 14.7 Å². The zero-order valence-corrected chi connectivity index (χ0v) is 15.6. The molecular formula is C22H23N3O3. The van der Waals surface area contributed by atoms with E-state index in [1.54, 1.807) is 16.0 Å². The molecule has 3 atom stereocenters. The molecule has 0 radical (unpaired) electrons. The minimum Gasteiger partial charge on any atom is -0.394 e. The molecule has 3 fully saturated rings. The average Bonchev–Trinajstić information content (AvgIpc) is 3.55. The van der Waals surface area contributed by atoms with E-state index in [0.717, 1.165) is 29.5 Å². The predicted molar refractivity (Wildman–Crippen MR) is 103 cm³/mol. The SMILES string of the molecule is O=C(C1CC1)N1CC(=O)N2[C@@H](CO)[C@H](c3ccc(-c4cccnc4)cc3)[C@@H]2C1. The molecular weight excluding hydrogens is 354 g/mol. The molecule has 1 N–H and O–H groups in total. The first-order valence-electron chi connectivity index (χ1n) is 9.88. The van der Waals surface area contributed by atoms with E-state index in [1.807, 2.05) is 18.3 Å². The number of carbonyl (C=O) groups excluding carboxylic acids is 2. The van der Waals surface area contributed by atoms with Crippen LogP contribution >= 0.6 is 0 Å². The molecule has 3 aliphatic rings. The van der Waals surface area contributed by atoms with Gasteiger partial charge in [-0.25, -0.2) is 0 Å². The summed E-state index contributed by atoms with van der Waals surface area (Å²) in [6.45, 7) is 0.648. The van der Waals surface area contributed by atoms with Crippen LogP contribution in [-0.2, 0) is 9.59 Å². The van der Waals surface area contributed by atoms with Crippen LogP contribution in [0.15, 0.2) is 48.8 Å². The smallest absolute Gasteiger partial charge is 0.242 e. The Labute approximate surface area is 163 Å². The predicted octanol–water partition coefficient (Wildman–Crippen LogP) is 1.66. The van der Waals surface area contributed by atoms with Crippen LogP contribution in [0.1, 0.15) is 24.3 Å². The summed E-state index contributed by atoms with van der Waals surface area (Å²) in [6.07, 6.45) is 5.46. The van der Waals surface area contributed by atoms with Crippen molar-refractivity contribution in [3.05, 3.63) is 54.4 Å². The van der Waals surface area contributed by atoms with Gasteiger partial charge in [0, 0.05) is 30.8 Å². The highest BCUT2D eigenvalue weighted by Gasteiger charge is 2.55. The van der Waals surface area contributed by atoms with E-state index in [4.69, 9.17) is 0 Å². The van der Waals surface area contributed by atoms with Gasteiger partial charge in [0.15, 0.2) is 0 Å². The zero-order valence-electron chi connectivity index (χ0n) is 15.6. The molecule has 0 spiro atoms. The first-order chi connectivity index (χ1) is 13.7. The average molecular weight is 377 g/mol. The summed E-state index contributed by atoms with van der Waals surface area (Å²) < 4.78 is 0. The molecule has 28 heavy (non-hydrogen) atoms. The molecule has 6 nitrogen and oxygen atoms in total. The molecule has 1 saturated carbocycles. The maximum absolute atomic E-state index is 12.6. The van der Waals surface area contributed by atoms with Gasteiger partial charge in [-0.15, -0.1) is 0 Å². The molecule has 1 aromatic heterocycles. The molecule has 144 valence electrons. The quantitative estimate of drug-likeness (QED) is 0.879. The van der Waals surface area contributed by atoms with Crippen molar-refractivity contribution in [2.75, 3.05) is 19.7 Å². The lowest BCUT2D eigenvalue weighted by atomic mass is 9.73. The first-order valence-corrected chi connectivity index (χ1v) is 9.88. The molecule has 1 aromatic carbocycles. The Kier molecular flexibility index (Phi) is 4.16. The van der Waals surface area contributed by atoms with Crippen molar-refractivity contribution in [2.45, 2.75) is 30.8 Å². The molecule has 5 rings (SSSR count). The van der Waals surface area contributed by atoms with E-state index < -0.39 is 0 Å². The molecule has 0 unspecified atom stereocenters. The number of fused-ring (bicyclic) bond motifs is 1. The fourth-order valence-corrected chi connectivity index (χ4v) is 4.69. The zero-order chi connectivity index (χ0) is 19.3. The maximum Gasteiger partial charge on any atom is 0.242 e. The maximum atomic E-state index is 12.6. The molecule has 0 bridgehead atoms. The number of amides is 2. The van der Waals surface area contributed by atoms with Gasteiger partial charge in [-0.3, -0.25) is 14.6 Å². The van der Waals surface area contributed by atoms with Gasteiger partial charge < -0.3 is 14.9 Å². The van der Waals surface area contributed by atoms with Crippen LogP contribution in [0.5, 0.6) is 0 Å². The fourth-order valence-electron chi connectivity index (χ4n) is 4.69. The van der Waals surface area contributed by atoms with Gasteiger partial charge in [-0.2, -0.15) is 0 Å². The topological polar surface area (TPSA) is 73.7 Å². The Morgan fingerprint density at radius 1 is 1.14 bits per heavy atom. The van der Waals surface area contributed by atoms with E-state index in [2.05, 4.69) is 29.2 Å². The second-order valence-corrected chi connectivity index (χ2v) is 8.00. The Bertz CT molecular complexity index is 895. The van der Waals surface area contributed by atoms with E-state index in [-0.39, 0.29) is 48.9 Å². The van der Waals surface area contributed by atoms with Crippen molar-refractivity contribution in [3.63, 3.8) is 0 Å². The van der Waals surface area contributed by atoms with Gasteiger partial charge in [-0.1, -0.05) is 30.3 Å². The monoisotopic (exact) mass is 377 g/mol. The Balaban J connectivity index is 1.39. The van der Waals surface area contributed by atoms with E-state index >= 15 is 0 Å². The van der Waals surface area contributed by atoms with E-state index in [9.17, 15) is 14.7 Å². The highest BCUT2D eigenvalue weighted by atomic mass is 16.3.